The number of hydrogen-bond acceptors (Lipinski definition) is 3. The Morgan fingerprint density at radius 1 is 1.15 bits per heavy atom. The van der Waals surface area contributed by atoms with Gasteiger partial charge in [-0.05, 0) is 50.8 Å². The molecule has 0 atom stereocenters. The van der Waals surface area contributed by atoms with Crippen LogP contribution >= 0.6 is 24.0 Å². The van der Waals surface area contributed by atoms with Gasteiger partial charge in [0.25, 0.3) is 0 Å². The van der Waals surface area contributed by atoms with Gasteiger partial charge in [0.05, 0.1) is 0 Å². The van der Waals surface area contributed by atoms with Crippen LogP contribution in [0.1, 0.15) is 31.2 Å². The lowest BCUT2D eigenvalue weighted by Gasteiger charge is -2.17. The summed E-state index contributed by atoms with van der Waals surface area (Å²) in [5.41, 5.74) is 1.36. The van der Waals surface area contributed by atoms with Gasteiger partial charge in [-0.2, -0.15) is 0 Å². The van der Waals surface area contributed by atoms with Gasteiger partial charge in [0.2, 0.25) is 0 Å². The van der Waals surface area contributed by atoms with Gasteiger partial charge in [-0.15, -0.1) is 24.0 Å². The average molecular weight is 474 g/mol. The van der Waals surface area contributed by atoms with E-state index in [4.69, 9.17) is 4.74 Å². The smallest absolute Gasteiger partial charge is 0.190 e. The summed E-state index contributed by atoms with van der Waals surface area (Å²) in [7, 11) is 3.99. The summed E-state index contributed by atoms with van der Waals surface area (Å²) < 4.78 is 5.64. The fourth-order valence-corrected chi connectivity index (χ4v) is 2.67. The molecule has 1 aliphatic carbocycles. The normalized spacial score (nSPS) is 14.2. The summed E-state index contributed by atoms with van der Waals surface area (Å²) in [6.45, 7) is 5.67. The van der Waals surface area contributed by atoms with E-state index in [0.717, 1.165) is 64.1 Å². The third-order valence-corrected chi connectivity index (χ3v) is 4.34. The highest BCUT2D eigenvalue weighted by molar-refractivity contribution is 14.0. The van der Waals surface area contributed by atoms with Crippen molar-refractivity contribution < 1.29 is 4.74 Å². The lowest BCUT2D eigenvalue weighted by Crippen LogP contribution is -2.39. The van der Waals surface area contributed by atoms with Gasteiger partial charge in [0.15, 0.2) is 5.96 Å². The maximum atomic E-state index is 5.64. The van der Waals surface area contributed by atoms with Crippen molar-refractivity contribution in [3.8, 4) is 0 Å². The van der Waals surface area contributed by atoms with Gasteiger partial charge in [-0.3, -0.25) is 4.99 Å². The quantitative estimate of drug-likeness (QED) is 0.212. The molecule has 0 aromatic heterocycles. The van der Waals surface area contributed by atoms with Crippen LogP contribution in [0.2, 0.25) is 0 Å². The average Bonchev–Trinajstić information content (AvgIpc) is 3.45. The number of nitrogens with one attached hydrogen (secondary N) is 2. The van der Waals surface area contributed by atoms with E-state index >= 15 is 0 Å². The van der Waals surface area contributed by atoms with E-state index in [9.17, 15) is 0 Å². The molecule has 1 aliphatic rings. The highest BCUT2D eigenvalue weighted by Crippen LogP contribution is 2.28. The number of benzene rings is 1. The van der Waals surface area contributed by atoms with E-state index in [1.807, 2.05) is 7.05 Å². The molecule has 0 spiro atoms. The fourth-order valence-electron chi connectivity index (χ4n) is 2.67. The number of nitrogens with zero attached hydrogens (tertiary/aromatic N) is 2. The monoisotopic (exact) mass is 474 g/mol. The number of rotatable bonds is 12. The molecule has 0 aliphatic heterocycles. The SMILES string of the molecule is CN=C(NCCCOCC1CC1)NCCCN(C)Cc1ccccc1.I. The fraction of sp³-hybridized carbons (Fsp3) is 0.650. The maximum absolute atomic E-state index is 5.64. The van der Waals surface area contributed by atoms with E-state index in [-0.39, 0.29) is 24.0 Å². The van der Waals surface area contributed by atoms with E-state index in [1.165, 1.54) is 18.4 Å². The topological polar surface area (TPSA) is 48.9 Å². The van der Waals surface area contributed by atoms with E-state index in [0.29, 0.717) is 0 Å². The minimum Gasteiger partial charge on any atom is -0.381 e. The van der Waals surface area contributed by atoms with Crippen LogP contribution in [-0.4, -0.2) is 57.8 Å². The summed E-state index contributed by atoms with van der Waals surface area (Å²) in [5.74, 6) is 1.73. The number of ether oxygens (including phenoxy) is 1. The molecule has 0 saturated heterocycles. The lowest BCUT2D eigenvalue weighted by atomic mass is 10.2. The highest BCUT2D eigenvalue weighted by atomic mass is 127. The summed E-state index contributed by atoms with van der Waals surface area (Å²) in [6.07, 6.45) is 4.83. The predicted octanol–water partition coefficient (Wildman–Crippen LogP) is 3.11. The molecule has 148 valence electrons. The number of halogens is 1. The van der Waals surface area contributed by atoms with Crippen LogP contribution in [0.5, 0.6) is 0 Å². The zero-order valence-electron chi connectivity index (χ0n) is 16.2. The Bertz CT molecular complexity index is 494. The summed E-state index contributed by atoms with van der Waals surface area (Å²) in [4.78, 5) is 6.62. The Morgan fingerprint density at radius 3 is 2.50 bits per heavy atom. The first kappa shape index (κ1) is 23.2. The Morgan fingerprint density at radius 2 is 1.85 bits per heavy atom. The van der Waals surface area contributed by atoms with Gasteiger partial charge in [-0.25, -0.2) is 0 Å². The maximum Gasteiger partial charge on any atom is 0.190 e. The van der Waals surface area contributed by atoms with Crippen molar-refractivity contribution in [3.63, 3.8) is 0 Å². The Kier molecular flexibility index (Phi) is 12.7. The van der Waals surface area contributed by atoms with E-state index in [1.54, 1.807) is 0 Å². The molecule has 0 amide bonds. The second-order valence-corrected chi connectivity index (χ2v) is 6.87. The summed E-state index contributed by atoms with van der Waals surface area (Å²) >= 11 is 0. The van der Waals surface area contributed by atoms with Crippen molar-refractivity contribution >= 4 is 29.9 Å². The van der Waals surface area contributed by atoms with Crippen molar-refractivity contribution in [2.45, 2.75) is 32.2 Å². The third kappa shape index (κ3) is 11.0. The third-order valence-electron chi connectivity index (χ3n) is 4.34. The molecule has 5 nitrogen and oxygen atoms in total. The molecule has 0 bridgehead atoms. The molecule has 0 radical (unpaired) electrons. The summed E-state index contributed by atoms with van der Waals surface area (Å²) in [5, 5.41) is 6.73. The van der Waals surface area contributed by atoms with Gasteiger partial charge >= 0.3 is 0 Å². The number of aliphatic imine (C=N–C) groups is 1. The van der Waals surface area contributed by atoms with Crippen LogP contribution < -0.4 is 10.6 Å². The molecular formula is C20H35IN4O. The van der Waals surface area contributed by atoms with Gasteiger partial charge in [0.1, 0.15) is 0 Å². The highest BCUT2D eigenvalue weighted by Gasteiger charge is 2.20. The second-order valence-electron chi connectivity index (χ2n) is 6.87. The van der Waals surface area contributed by atoms with Crippen LogP contribution in [-0.2, 0) is 11.3 Å². The first-order valence-electron chi connectivity index (χ1n) is 9.52. The van der Waals surface area contributed by atoms with Crippen LogP contribution in [0.25, 0.3) is 0 Å². The van der Waals surface area contributed by atoms with Gasteiger partial charge in [-0.1, -0.05) is 30.3 Å². The predicted molar refractivity (Wildman–Crippen MR) is 120 cm³/mol. The van der Waals surface area contributed by atoms with E-state index in [2.05, 4.69) is 57.9 Å². The van der Waals surface area contributed by atoms with Crippen LogP contribution in [0, 0.1) is 5.92 Å². The van der Waals surface area contributed by atoms with Crippen LogP contribution in [0.15, 0.2) is 35.3 Å². The Labute approximate surface area is 176 Å². The van der Waals surface area contributed by atoms with Crippen molar-refractivity contribution in [3.05, 3.63) is 35.9 Å². The molecule has 0 unspecified atom stereocenters. The first-order chi connectivity index (χ1) is 12.3. The van der Waals surface area contributed by atoms with Crippen molar-refractivity contribution in [1.82, 2.24) is 15.5 Å². The number of guanidine groups is 1. The molecule has 26 heavy (non-hydrogen) atoms. The van der Waals surface area contributed by atoms with Crippen molar-refractivity contribution in [2.24, 2.45) is 10.9 Å². The van der Waals surface area contributed by atoms with Gasteiger partial charge in [0, 0.05) is 39.9 Å². The molecule has 0 heterocycles. The van der Waals surface area contributed by atoms with Crippen LogP contribution in [0.4, 0.5) is 0 Å². The largest absolute Gasteiger partial charge is 0.381 e. The zero-order valence-corrected chi connectivity index (χ0v) is 18.6. The van der Waals surface area contributed by atoms with Gasteiger partial charge < -0.3 is 20.3 Å². The molecule has 2 rings (SSSR count). The first-order valence-corrected chi connectivity index (χ1v) is 9.52. The lowest BCUT2D eigenvalue weighted by molar-refractivity contribution is 0.123. The minimum absolute atomic E-state index is 0. The number of hydrogen-bond donors (Lipinski definition) is 2. The standard InChI is InChI=1S/C20H34N4O.HI/c1-21-20(23-13-7-15-25-17-19-10-11-19)22-12-6-14-24(2)16-18-8-4-3-5-9-18;/h3-5,8-9,19H,6-7,10-17H2,1-2H3,(H2,21,22,23);1H. The Hall–Kier alpha value is -0.860. The van der Waals surface area contributed by atoms with Crippen LogP contribution in [0.3, 0.4) is 0 Å². The second kappa shape index (κ2) is 14.2. The molecule has 1 aromatic carbocycles. The van der Waals surface area contributed by atoms with Crippen molar-refractivity contribution in [2.75, 3.05) is 46.9 Å². The molecular weight excluding hydrogens is 439 g/mol. The molecule has 1 saturated carbocycles. The van der Waals surface area contributed by atoms with Crippen molar-refractivity contribution in [1.29, 1.82) is 0 Å². The molecule has 1 fully saturated rings. The molecule has 2 N–H and O–H groups in total. The Balaban J connectivity index is 0.00000338. The zero-order chi connectivity index (χ0) is 17.7. The molecule has 1 aromatic rings. The molecule has 6 heteroatoms. The van der Waals surface area contributed by atoms with E-state index < -0.39 is 0 Å². The summed E-state index contributed by atoms with van der Waals surface area (Å²) in [6, 6.07) is 10.6. The minimum atomic E-state index is 0.